The molecule has 108 valence electrons. The zero-order chi connectivity index (χ0) is 14.0. The summed E-state index contributed by atoms with van der Waals surface area (Å²) < 4.78 is 0. The van der Waals surface area contributed by atoms with E-state index in [4.69, 9.17) is 0 Å². The molecule has 1 aromatic carbocycles. The van der Waals surface area contributed by atoms with Gasteiger partial charge in [0.25, 0.3) is 0 Å². The van der Waals surface area contributed by atoms with Crippen molar-refractivity contribution in [2.45, 2.75) is 43.6 Å². The summed E-state index contributed by atoms with van der Waals surface area (Å²) in [5.41, 5.74) is 1.44. The SMILES string of the molecule is O=C(NCC1(O)CCCC1)C1CCNc2ccccc21. The molecule has 3 N–H and O–H groups in total. The Bertz CT molecular complexity index is 495. The third-order valence-electron chi connectivity index (χ3n) is 4.53. The third-order valence-corrected chi connectivity index (χ3v) is 4.53. The summed E-state index contributed by atoms with van der Waals surface area (Å²) in [6, 6.07) is 7.97. The van der Waals surface area contributed by atoms with Gasteiger partial charge >= 0.3 is 0 Å². The molecule has 1 aromatic rings. The summed E-state index contributed by atoms with van der Waals surface area (Å²) in [4.78, 5) is 12.4. The topological polar surface area (TPSA) is 61.4 Å². The Labute approximate surface area is 119 Å². The van der Waals surface area contributed by atoms with Crippen LogP contribution in [0.1, 0.15) is 43.6 Å². The highest BCUT2D eigenvalue weighted by Crippen LogP contribution is 2.32. The molecule has 20 heavy (non-hydrogen) atoms. The van der Waals surface area contributed by atoms with Gasteiger partial charge < -0.3 is 15.7 Å². The summed E-state index contributed by atoms with van der Waals surface area (Å²) in [7, 11) is 0. The first-order chi connectivity index (χ1) is 9.68. The second-order valence-electron chi connectivity index (χ2n) is 6.00. The molecule has 1 heterocycles. The monoisotopic (exact) mass is 274 g/mol. The van der Waals surface area contributed by atoms with Crippen LogP contribution in [0, 0.1) is 0 Å². The molecule has 2 aliphatic rings. The molecule has 0 bridgehead atoms. The number of nitrogens with one attached hydrogen (secondary N) is 2. The van der Waals surface area contributed by atoms with E-state index < -0.39 is 5.60 Å². The molecule has 4 nitrogen and oxygen atoms in total. The number of amides is 1. The quantitative estimate of drug-likeness (QED) is 0.790. The zero-order valence-electron chi connectivity index (χ0n) is 11.7. The number of carbonyl (C=O) groups is 1. The van der Waals surface area contributed by atoms with E-state index >= 15 is 0 Å². The maximum Gasteiger partial charge on any atom is 0.227 e. The lowest BCUT2D eigenvalue weighted by atomic mass is 9.90. The van der Waals surface area contributed by atoms with Crippen molar-refractivity contribution in [3.8, 4) is 0 Å². The van der Waals surface area contributed by atoms with Gasteiger partial charge in [0.2, 0.25) is 5.91 Å². The minimum absolute atomic E-state index is 0.0410. The fraction of sp³-hybridized carbons (Fsp3) is 0.562. The number of hydrogen-bond acceptors (Lipinski definition) is 3. The molecule has 4 heteroatoms. The maximum absolute atomic E-state index is 12.4. The van der Waals surface area contributed by atoms with Crippen LogP contribution in [-0.4, -0.2) is 29.7 Å². The average Bonchev–Trinajstić information content (AvgIpc) is 2.91. The van der Waals surface area contributed by atoms with Crippen LogP contribution in [0.4, 0.5) is 5.69 Å². The third kappa shape index (κ3) is 2.66. The van der Waals surface area contributed by atoms with Crippen molar-refractivity contribution < 1.29 is 9.90 Å². The van der Waals surface area contributed by atoms with Crippen molar-refractivity contribution in [2.24, 2.45) is 0 Å². The number of carbonyl (C=O) groups excluding carboxylic acids is 1. The lowest BCUT2D eigenvalue weighted by Crippen LogP contribution is -2.43. The first-order valence-electron chi connectivity index (χ1n) is 7.51. The highest BCUT2D eigenvalue weighted by atomic mass is 16.3. The van der Waals surface area contributed by atoms with Gasteiger partial charge in [-0.05, 0) is 30.9 Å². The lowest BCUT2D eigenvalue weighted by molar-refractivity contribution is -0.124. The summed E-state index contributed by atoms with van der Waals surface area (Å²) >= 11 is 0. The van der Waals surface area contributed by atoms with E-state index in [1.165, 1.54) is 0 Å². The zero-order valence-corrected chi connectivity index (χ0v) is 11.7. The number of para-hydroxylation sites is 1. The summed E-state index contributed by atoms with van der Waals surface area (Å²) in [5.74, 6) is -0.0586. The molecule has 1 aliphatic carbocycles. The van der Waals surface area contributed by atoms with Gasteiger partial charge in [0.1, 0.15) is 0 Å². The number of fused-ring (bicyclic) bond motifs is 1. The van der Waals surface area contributed by atoms with Gasteiger partial charge in [-0.15, -0.1) is 0 Å². The van der Waals surface area contributed by atoms with Crippen LogP contribution < -0.4 is 10.6 Å². The number of hydrogen-bond donors (Lipinski definition) is 3. The molecule has 0 aromatic heterocycles. The van der Waals surface area contributed by atoms with Crippen LogP contribution in [0.5, 0.6) is 0 Å². The Balaban J connectivity index is 1.66. The number of anilines is 1. The van der Waals surface area contributed by atoms with Gasteiger partial charge in [-0.1, -0.05) is 31.0 Å². The Kier molecular flexibility index (Phi) is 3.66. The average molecular weight is 274 g/mol. The number of benzene rings is 1. The summed E-state index contributed by atoms with van der Waals surface area (Å²) in [6.45, 7) is 1.21. The van der Waals surface area contributed by atoms with Crippen molar-refractivity contribution in [3.63, 3.8) is 0 Å². The van der Waals surface area contributed by atoms with Crippen molar-refractivity contribution in [1.29, 1.82) is 0 Å². The van der Waals surface area contributed by atoms with E-state index in [1.807, 2.05) is 24.3 Å². The van der Waals surface area contributed by atoms with E-state index in [-0.39, 0.29) is 11.8 Å². The molecule has 0 saturated heterocycles. The van der Waals surface area contributed by atoms with E-state index in [2.05, 4.69) is 10.6 Å². The molecule has 1 amide bonds. The smallest absolute Gasteiger partial charge is 0.227 e. The van der Waals surface area contributed by atoms with Crippen LogP contribution in [0.3, 0.4) is 0 Å². The van der Waals surface area contributed by atoms with Crippen LogP contribution in [0.25, 0.3) is 0 Å². The highest BCUT2D eigenvalue weighted by Gasteiger charge is 2.33. The fourth-order valence-corrected chi connectivity index (χ4v) is 3.33. The lowest BCUT2D eigenvalue weighted by Gasteiger charge is -2.28. The molecule has 3 rings (SSSR count). The largest absolute Gasteiger partial charge is 0.388 e. The normalized spacial score (nSPS) is 23.8. The predicted octanol–water partition coefficient (Wildman–Crippen LogP) is 2.01. The van der Waals surface area contributed by atoms with Crippen LogP contribution >= 0.6 is 0 Å². The van der Waals surface area contributed by atoms with Gasteiger partial charge in [-0.2, -0.15) is 0 Å². The van der Waals surface area contributed by atoms with Gasteiger partial charge in [0, 0.05) is 18.8 Å². The van der Waals surface area contributed by atoms with Crippen molar-refractivity contribution in [2.75, 3.05) is 18.4 Å². The van der Waals surface area contributed by atoms with Crippen LogP contribution in [0.15, 0.2) is 24.3 Å². The second kappa shape index (κ2) is 5.44. The minimum atomic E-state index is -0.678. The number of aliphatic hydroxyl groups is 1. The number of rotatable bonds is 3. The Morgan fingerprint density at radius 3 is 2.90 bits per heavy atom. The molecule has 1 atom stereocenters. The molecular formula is C16H22N2O2. The van der Waals surface area contributed by atoms with E-state index in [0.717, 1.165) is 49.9 Å². The van der Waals surface area contributed by atoms with Crippen molar-refractivity contribution in [1.82, 2.24) is 5.32 Å². The first-order valence-corrected chi connectivity index (χ1v) is 7.51. The predicted molar refractivity (Wildman–Crippen MR) is 78.7 cm³/mol. The van der Waals surface area contributed by atoms with Crippen LogP contribution in [-0.2, 0) is 4.79 Å². The molecule has 1 saturated carbocycles. The Morgan fingerprint density at radius 2 is 2.10 bits per heavy atom. The molecule has 0 spiro atoms. The molecule has 1 unspecified atom stereocenters. The van der Waals surface area contributed by atoms with Crippen LogP contribution in [0.2, 0.25) is 0 Å². The molecular weight excluding hydrogens is 252 g/mol. The van der Waals surface area contributed by atoms with Crippen molar-refractivity contribution in [3.05, 3.63) is 29.8 Å². The summed E-state index contributed by atoms with van der Waals surface area (Å²) in [6.07, 6.45) is 4.53. The maximum atomic E-state index is 12.4. The summed E-state index contributed by atoms with van der Waals surface area (Å²) in [5, 5.41) is 16.6. The highest BCUT2D eigenvalue weighted by molar-refractivity contribution is 5.86. The first kappa shape index (κ1) is 13.4. The standard InChI is InChI=1S/C16H22N2O2/c19-15(18-11-16(20)8-3-4-9-16)13-7-10-17-14-6-2-1-5-12(13)14/h1-2,5-6,13,17,20H,3-4,7-11H2,(H,18,19). The Morgan fingerprint density at radius 1 is 1.35 bits per heavy atom. The fourth-order valence-electron chi connectivity index (χ4n) is 3.33. The van der Waals surface area contributed by atoms with Gasteiger partial charge in [-0.3, -0.25) is 4.79 Å². The Hall–Kier alpha value is -1.55. The molecule has 1 fully saturated rings. The van der Waals surface area contributed by atoms with E-state index in [0.29, 0.717) is 6.54 Å². The molecule has 1 aliphatic heterocycles. The van der Waals surface area contributed by atoms with E-state index in [1.54, 1.807) is 0 Å². The van der Waals surface area contributed by atoms with Gasteiger partial charge in [0.15, 0.2) is 0 Å². The second-order valence-corrected chi connectivity index (χ2v) is 6.00. The molecule has 0 radical (unpaired) electrons. The van der Waals surface area contributed by atoms with Gasteiger partial charge in [-0.25, -0.2) is 0 Å². The van der Waals surface area contributed by atoms with Crippen molar-refractivity contribution >= 4 is 11.6 Å². The van der Waals surface area contributed by atoms with Gasteiger partial charge in [0.05, 0.1) is 11.5 Å². The minimum Gasteiger partial charge on any atom is -0.388 e. The van der Waals surface area contributed by atoms with E-state index in [9.17, 15) is 9.90 Å².